The van der Waals surface area contributed by atoms with Crippen LogP contribution in [0.5, 0.6) is 0 Å². The number of aryl methyl sites for hydroxylation is 2. The van der Waals surface area contributed by atoms with Crippen LogP contribution in [0.25, 0.3) is 10.2 Å². The molecule has 1 atom stereocenters. The number of carbonyl (C=O) groups is 2. The first-order chi connectivity index (χ1) is 14.0. The van der Waals surface area contributed by atoms with Crippen LogP contribution in [0.3, 0.4) is 0 Å². The maximum atomic E-state index is 11.7. The number of hydrogen-bond donors (Lipinski definition) is 3. The predicted molar refractivity (Wildman–Crippen MR) is 112 cm³/mol. The maximum absolute atomic E-state index is 11.7. The zero-order valence-electron chi connectivity index (χ0n) is 15.9. The van der Waals surface area contributed by atoms with Gasteiger partial charge in [0.05, 0.1) is 11.8 Å². The summed E-state index contributed by atoms with van der Waals surface area (Å²) >= 11 is 1.66. The Labute approximate surface area is 172 Å². The summed E-state index contributed by atoms with van der Waals surface area (Å²) in [6, 6.07) is 8.76. The summed E-state index contributed by atoms with van der Waals surface area (Å²) in [6.45, 7) is 0. The first-order valence-electron chi connectivity index (χ1n) is 9.64. The van der Waals surface area contributed by atoms with Crippen molar-refractivity contribution in [1.29, 1.82) is 0 Å². The lowest BCUT2D eigenvalue weighted by Crippen LogP contribution is -2.34. The molecule has 0 aliphatic heterocycles. The summed E-state index contributed by atoms with van der Waals surface area (Å²) in [5.41, 5.74) is 7.52. The fourth-order valence-electron chi connectivity index (χ4n) is 3.73. The quantitative estimate of drug-likeness (QED) is 0.551. The SMILES string of the molecule is NC(=O)C[C@H](Nc1nc(Cc2ccccc2)nc2sc3c(c12)CCCC3)C(=O)O. The summed E-state index contributed by atoms with van der Waals surface area (Å²) in [4.78, 5) is 34.6. The van der Waals surface area contributed by atoms with E-state index in [2.05, 4.69) is 10.3 Å². The minimum Gasteiger partial charge on any atom is -0.480 e. The van der Waals surface area contributed by atoms with Gasteiger partial charge in [-0.25, -0.2) is 14.8 Å². The van der Waals surface area contributed by atoms with E-state index >= 15 is 0 Å². The lowest BCUT2D eigenvalue weighted by Gasteiger charge is -2.17. The molecule has 1 aliphatic carbocycles. The molecule has 1 aliphatic rings. The highest BCUT2D eigenvalue weighted by Crippen LogP contribution is 2.39. The van der Waals surface area contributed by atoms with Gasteiger partial charge in [-0.1, -0.05) is 30.3 Å². The molecule has 4 rings (SSSR count). The van der Waals surface area contributed by atoms with Crippen molar-refractivity contribution in [2.45, 2.75) is 44.6 Å². The van der Waals surface area contributed by atoms with Gasteiger partial charge in [-0.3, -0.25) is 4.79 Å². The number of nitrogens with one attached hydrogen (secondary N) is 1. The summed E-state index contributed by atoms with van der Waals surface area (Å²) in [7, 11) is 0. The minimum absolute atomic E-state index is 0.304. The second-order valence-corrected chi connectivity index (χ2v) is 8.33. The average molecular weight is 410 g/mol. The van der Waals surface area contributed by atoms with Gasteiger partial charge >= 0.3 is 5.97 Å². The Bertz CT molecular complexity index is 1060. The van der Waals surface area contributed by atoms with Crippen LogP contribution >= 0.6 is 11.3 Å². The van der Waals surface area contributed by atoms with Crippen LogP contribution in [0.4, 0.5) is 5.82 Å². The smallest absolute Gasteiger partial charge is 0.326 e. The molecular weight excluding hydrogens is 388 g/mol. The van der Waals surface area contributed by atoms with E-state index in [9.17, 15) is 14.7 Å². The van der Waals surface area contributed by atoms with E-state index in [4.69, 9.17) is 10.7 Å². The van der Waals surface area contributed by atoms with Crippen LogP contribution in [-0.4, -0.2) is 33.0 Å². The molecule has 29 heavy (non-hydrogen) atoms. The largest absolute Gasteiger partial charge is 0.480 e. The number of primary amides is 1. The number of aromatic nitrogens is 2. The Balaban J connectivity index is 1.79. The third-order valence-electron chi connectivity index (χ3n) is 5.08. The summed E-state index contributed by atoms with van der Waals surface area (Å²) in [5.74, 6) is -0.710. The van der Waals surface area contributed by atoms with E-state index in [-0.39, 0.29) is 6.42 Å². The van der Waals surface area contributed by atoms with Crippen LogP contribution < -0.4 is 11.1 Å². The summed E-state index contributed by atoms with van der Waals surface area (Å²) < 4.78 is 0. The fourth-order valence-corrected chi connectivity index (χ4v) is 5.01. The Kier molecular flexibility index (Phi) is 5.44. The molecular formula is C21H22N4O3S. The van der Waals surface area contributed by atoms with Gasteiger partial charge in [-0.05, 0) is 36.8 Å². The maximum Gasteiger partial charge on any atom is 0.326 e. The molecule has 2 heterocycles. The molecule has 2 aromatic heterocycles. The topological polar surface area (TPSA) is 118 Å². The van der Waals surface area contributed by atoms with Crippen LogP contribution in [-0.2, 0) is 28.9 Å². The number of nitrogens with zero attached hydrogens (tertiary/aromatic N) is 2. The van der Waals surface area contributed by atoms with Crippen molar-refractivity contribution in [1.82, 2.24) is 9.97 Å². The standard InChI is InChI=1S/C21H22N4O3S/c22-16(26)11-14(21(27)28)23-19-18-13-8-4-5-9-15(13)29-20(18)25-17(24-19)10-12-6-2-1-3-7-12/h1-3,6-7,14H,4-5,8-11H2,(H2,22,26)(H,27,28)(H,23,24,25)/t14-/m0/s1. The van der Waals surface area contributed by atoms with Gasteiger partial charge in [0.1, 0.15) is 22.5 Å². The van der Waals surface area contributed by atoms with Crippen molar-refractivity contribution in [3.8, 4) is 0 Å². The molecule has 1 aromatic carbocycles. The third-order valence-corrected chi connectivity index (χ3v) is 6.27. The van der Waals surface area contributed by atoms with Crippen molar-refractivity contribution in [2.75, 3.05) is 5.32 Å². The van der Waals surface area contributed by atoms with E-state index < -0.39 is 17.9 Å². The lowest BCUT2D eigenvalue weighted by atomic mass is 9.97. The van der Waals surface area contributed by atoms with E-state index in [1.165, 1.54) is 10.4 Å². The molecule has 0 bridgehead atoms. The van der Waals surface area contributed by atoms with Gasteiger partial charge in [-0.15, -0.1) is 11.3 Å². The number of benzene rings is 1. The second kappa shape index (κ2) is 8.16. The van der Waals surface area contributed by atoms with Gasteiger partial charge in [0.25, 0.3) is 0 Å². The normalized spacial score (nSPS) is 14.3. The number of fused-ring (bicyclic) bond motifs is 3. The predicted octanol–water partition coefficient (Wildman–Crippen LogP) is 2.90. The molecule has 0 unspecified atom stereocenters. The first kappa shape index (κ1) is 19.3. The summed E-state index contributed by atoms with van der Waals surface area (Å²) in [5, 5.41) is 13.4. The summed E-state index contributed by atoms with van der Waals surface area (Å²) in [6.07, 6.45) is 4.41. The number of aliphatic carboxylic acids is 1. The number of amides is 1. The Morgan fingerprint density at radius 3 is 2.66 bits per heavy atom. The number of hydrogen-bond acceptors (Lipinski definition) is 6. The number of thiophene rings is 1. The Hall–Kier alpha value is -3.00. The van der Waals surface area contributed by atoms with Crippen LogP contribution in [0.2, 0.25) is 0 Å². The van der Waals surface area contributed by atoms with Crippen molar-refractivity contribution in [3.63, 3.8) is 0 Å². The monoisotopic (exact) mass is 410 g/mol. The number of carbonyl (C=O) groups excluding carboxylic acids is 1. The molecule has 0 saturated carbocycles. The number of rotatable bonds is 7. The van der Waals surface area contributed by atoms with Gasteiger partial charge in [0.2, 0.25) is 5.91 Å². The first-order valence-corrected chi connectivity index (χ1v) is 10.5. The minimum atomic E-state index is -1.13. The molecule has 0 fully saturated rings. The van der Waals surface area contributed by atoms with E-state index in [0.717, 1.165) is 41.5 Å². The zero-order valence-corrected chi connectivity index (χ0v) is 16.7. The highest BCUT2D eigenvalue weighted by atomic mass is 32.1. The van der Waals surface area contributed by atoms with Crippen molar-refractivity contribution in [3.05, 3.63) is 52.2 Å². The van der Waals surface area contributed by atoms with E-state index in [1.807, 2.05) is 30.3 Å². The molecule has 150 valence electrons. The molecule has 1 amide bonds. The Morgan fingerprint density at radius 1 is 1.17 bits per heavy atom. The van der Waals surface area contributed by atoms with Gasteiger partial charge in [0, 0.05) is 11.3 Å². The number of anilines is 1. The molecule has 0 saturated heterocycles. The van der Waals surface area contributed by atoms with Gasteiger partial charge < -0.3 is 16.2 Å². The molecule has 8 heteroatoms. The van der Waals surface area contributed by atoms with Crippen LogP contribution in [0, 0.1) is 0 Å². The van der Waals surface area contributed by atoms with E-state index in [1.54, 1.807) is 11.3 Å². The molecule has 0 spiro atoms. The van der Waals surface area contributed by atoms with Crippen LogP contribution in [0.1, 0.15) is 41.1 Å². The van der Waals surface area contributed by atoms with Gasteiger partial charge in [-0.2, -0.15) is 0 Å². The third kappa shape index (κ3) is 4.22. The van der Waals surface area contributed by atoms with Crippen molar-refractivity contribution < 1.29 is 14.7 Å². The lowest BCUT2D eigenvalue weighted by molar-refractivity contribution is -0.139. The zero-order chi connectivity index (χ0) is 20.4. The molecule has 3 aromatic rings. The average Bonchev–Trinajstić information content (AvgIpc) is 3.06. The van der Waals surface area contributed by atoms with Crippen molar-refractivity contribution in [2.24, 2.45) is 5.73 Å². The molecule has 4 N–H and O–H groups in total. The van der Waals surface area contributed by atoms with Gasteiger partial charge in [0.15, 0.2) is 0 Å². The molecule has 0 radical (unpaired) electrons. The number of carboxylic acids is 1. The van der Waals surface area contributed by atoms with E-state index in [0.29, 0.717) is 18.1 Å². The second-order valence-electron chi connectivity index (χ2n) is 7.25. The Morgan fingerprint density at radius 2 is 1.93 bits per heavy atom. The van der Waals surface area contributed by atoms with Crippen LogP contribution in [0.15, 0.2) is 30.3 Å². The fraction of sp³-hybridized carbons (Fsp3) is 0.333. The van der Waals surface area contributed by atoms with Crippen molar-refractivity contribution >= 4 is 39.2 Å². The number of nitrogens with two attached hydrogens (primary N) is 1. The highest BCUT2D eigenvalue weighted by molar-refractivity contribution is 7.19. The number of carboxylic acid groups (broad SMARTS) is 1. The highest BCUT2D eigenvalue weighted by Gasteiger charge is 2.25. The molecule has 7 nitrogen and oxygen atoms in total.